The van der Waals surface area contributed by atoms with Gasteiger partial charge in [0.1, 0.15) is 0 Å². The quantitative estimate of drug-likeness (QED) is 0.493. The van der Waals surface area contributed by atoms with Crippen LogP contribution >= 0.6 is 0 Å². The van der Waals surface area contributed by atoms with Crippen molar-refractivity contribution in [2.24, 2.45) is 7.05 Å². The number of methoxy groups -OCH3 is 1. The fourth-order valence-corrected chi connectivity index (χ4v) is 4.30. The fourth-order valence-electron chi connectivity index (χ4n) is 4.30. The standard InChI is InChI=1S/C25H25N5O2/c1-29-15-20(12-28-29)17-5-7-18(8-6-17)23-13-26-14-24-22(23)10-19(11-27-24)25(31)30-9-3-4-21(16-30)32-2/h5-8,10-15,21H,3-4,9,16H2,1-2H3/t21-/m1/s1. The van der Waals surface area contributed by atoms with Gasteiger partial charge in [0.15, 0.2) is 0 Å². The van der Waals surface area contributed by atoms with E-state index in [4.69, 9.17) is 4.74 Å². The van der Waals surface area contributed by atoms with Crippen LogP contribution in [-0.4, -0.2) is 56.9 Å². The lowest BCUT2D eigenvalue weighted by molar-refractivity contribution is 0.0269. The van der Waals surface area contributed by atoms with E-state index in [1.165, 1.54) is 0 Å². The molecular weight excluding hydrogens is 402 g/mol. The number of aromatic nitrogens is 4. The molecule has 0 spiro atoms. The molecule has 32 heavy (non-hydrogen) atoms. The SMILES string of the molecule is CO[C@@H]1CCCN(C(=O)c2cnc3cncc(-c4ccc(-c5cnn(C)c5)cc4)c3c2)C1. The van der Waals surface area contributed by atoms with Crippen molar-refractivity contribution in [2.45, 2.75) is 18.9 Å². The predicted octanol–water partition coefficient (Wildman–Crippen LogP) is 3.95. The van der Waals surface area contributed by atoms with Crippen molar-refractivity contribution >= 4 is 16.8 Å². The second kappa shape index (κ2) is 8.51. The summed E-state index contributed by atoms with van der Waals surface area (Å²) in [6.07, 6.45) is 11.1. The van der Waals surface area contributed by atoms with Crippen LogP contribution in [0.2, 0.25) is 0 Å². The molecular formula is C25H25N5O2. The molecule has 1 aromatic carbocycles. The van der Waals surface area contributed by atoms with Crippen molar-refractivity contribution in [3.63, 3.8) is 0 Å². The average Bonchev–Trinajstić information content (AvgIpc) is 3.29. The van der Waals surface area contributed by atoms with Crippen LogP contribution in [0, 0.1) is 0 Å². The molecule has 1 aliphatic heterocycles. The van der Waals surface area contributed by atoms with Gasteiger partial charge in [-0.25, -0.2) is 0 Å². The van der Waals surface area contributed by atoms with Gasteiger partial charge in [0, 0.05) is 62.4 Å². The monoisotopic (exact) mass is 427 g/mol. The third-order valence-electron chi connectivity index (χ3n) is 6.09. The number of piperidine rings is 1. The lowest BCUT2D eigenvalue weighted by Crippen LogP contribution is -2.42. The van der Waals surface area contributed by atoms with E-state index in [1.54, 1.807) is 24.2 Å². The van der Waals surface area contributed by atoms with Gasteiger partial charge in [0.05, 0.1) is 29.6 Å². The van der Waals surface area contributed by atoms with Crippen molar-refractivity contribution in [1.82, 2.24) is 24.6 Å². The van der Waals surface area contributed by atoms with Crippen molar-refractivity contribution in [3.8, 4) is 22.3 Å². The Morgan fingerprint density at radius 3 is 2.62 bits per heavy atom. The maximum atomic E-state index is 13.2. The van der Waals surface area contributed by atoms with E-state index in [1.807, 2.05) is 36.6 Å². The third kappa shape index (κ3) is 3.87. The average molecular weight is 428 g/mol. The second-order valence-electron chi connectivity index (χ2n) is 8.21. The Kier molecular flexibility index (Phi) is 5.41. The zero-order valence-electron chi connectivity index (χ0n) is 18.2. The molecule has 4 heterocycles. The highest BCUT2D eigenvalue weighted by Crippen LogP contribution is 2.30. The predicted molar refractivity (Wildman–Crippen MR) is 123 cm³/mol. The van der Waals surface area contributed by atoms with Crippen LogP contribution in [-0.2, 0) is 11.8 Å². The molecule has 5 rings (SSSR count). The van der Waals surface area contributed by atoms with E-state index in [0.717, 1.165) is 52.5 Å². The molecule has 1 amide bonds. The highest BCUT2D eigenvalue weighted by atomic mass is 16.5. The van der Waals surface area contributed by atoms with Gasteiger partial charge in [-0.15, -0.1) is 0 Å². The molecule has 0 bridgehead atoms. The first-order chi connectivity index (χ1) is 15.6. The summed E-state index contributed by atoms with van der Waals surface area (Å²) in [6.45, 7) is 1.36. The highest BCUT2D eigenvalue weighted by Gasteiger charge is 2.25. The van der Waals surface area contributed by atoms with Crippen molar-refractivity contribution in [3.05, 3.63) is 66.9 Å². The first kappa shape index (κ1) is 20.3. The Hall–Kier alpha value is -3.58. The number of ether oxygens (including phenoxy) is 1. The molecule has 1 atom stereocenters. The van der Waals surface area contributed by atoms with E-state index in [0.29, 0.717) is 12.1 Å². The van der Waals surface area contributed by atoms with E-state index >= 15 is 0 Å². The number of aryl methyl sites for hydroxylation is 1. The molecule has 4 aromatic rings. The minimum atomic E-state index is -0.00385. The van der Waals surface area contributed by atoms with Gasteiger partial charge in [0.25, 0.3) is 5.91 Å². The van der Waals surface area contributed by atoms with Crippen molar-refractivity contribution < 1.29 is 9.53 Å². The molecule has 0 N–H and O–H groups in total. The summed E-state index contributed by atoms with van der Waals surface area (Å²) in [5.74, 6) is -0.00385. The number of hydrogen-bond acceptors (Lipinski definition) is 5. The summed E-state index contributed by atoms with van der Waals surface area (Å²) >= 11 is 0. The van der Waals surface area contributed by atoms with Gasteiger partial charge in [0.2, 0.25) is 0 Å². The van der Waals surface area contributed by atoms with Crippen LogP contribution in [0.5, 0.6) is 0 Å². The number of likely N-dealkylation sites (tertiary alicyclic amines) is 1. The van der Waals surface area contributed by atoms with Gasteiger partial charge < -0.3 is 9.64 Å². The molecule has 0 unspecified atom stereocenters. The first-order valence-electron chi connectivity index (χ1n) is 10.8. The second-order valence-corrected chi connectivity index (χ2v) is 8.21. The van der Waals surface area contributed by atoms with Crippen LogP contribution < -0.4 is 0 Å². The molecule has 0 radical (unpaired) electrons. The van der Waals surface area contributed by atoms with Crippen LogP contribution in [0.1, 0.15) is 23.2 Å². The van der Waals surface area contributed by atoms with E-state index in [9.17, 15) is 4.79 Å². The molecule has 1 aliphatic rings. The van der Waals surface area contributed by atoms with Crippen molar-refractivity contribution in [2.75, 3.05) is 20.2 Å². The number of carbonyl (C=O) groups excluding carboxylic acids is 1. The molecule has 3 aromatic heterocycles. The highest BCUT2D eigenvalue weighted by molar-refractivity contribution is 6.01. The minimum absolute atomic E-state index is 0.00385. The molecule has 7 nitrogen and oxygen atoms in total. The van der Waals surface area contributed by atoms with Crippen LogP contribution in [0.3, 0.4) is 0 Å². The molecule has 0 aliphatic carbocycles. The number of amides is 1. The van der Waals surface area contributed by atoms with Gasteiger partial charge in [-0.2, -0.15) is 5.10 Å². The van der Waals surface area contributed by atoms with E-state index in [2.05, 4.69) is 39.3 Å². The summed E-state index contributed by atoms with van der Waals surface area (Å²) in [5.41, 5.74) is 5.51. The first-order valence-corrected chi connectivity index (χ1v) is 10.8. The van der Waals surface area contributed by atoms with Gasteiger partial charge in [-0.05, 0) is 30.0 Å². The number of rotatable bonds is 4. The Balaban J connectivity index is 1.48. The molecule has 162 valence electrons. The van der Waals surface area contributed by atoms with Gasteiger partial charge in [-0.3, -0.25) is 19.4 Å². The number of hydrogen-bond donors (Lipinski definition) is 0. The Morgan fingerprint density at radius 2 is 1.88 bits per heavy atom. The largest absolute Gasteiger partial charge is 0.380 e. The fraction of sp³-hybridized carbons (Fsp3) is 0.280. The lowest BCUT2D eigenvalue weighted by Gasteiger charge is -2.32. The zero-order chi connectivity index (χ0) is 22.1. The Bertz CT molecular complexity index is 1270. The maximum absolute atomic E-state index is 13.2. The molecule has 0 saturated carbocycles. The zero-order valence-corrected chi connectivity index (χ0v) is 18.2. The Morgan fingerprint density at radius 1 is 1.06 bits per heavy atom. The van der Waals surface area contributed by atoms with Crippen molar-refractivity contribution in [1.29, 1.82) is 0 Å². The number of benzene rings is 1. The van der Waals surface area contributed by atoms with E-state index in [-0.39, 0.29) is 12.0 Å². The number of carbonyl (C=O) groups is 1. The molecule has 1 saturated heterocycles. The van der Waals surface area contributed by atoms with E-state index < -0.39 is 0 Å². The topological polar surface area (TPSA) is 73.1 Å². The minimum Gasteiger partial charge on any atom is -0.380 e. The molecule has 1 fully saturated rings. The smallest absolute Gasteiger partial charge is 0.255 e. The van der Waals surface area contributed by atoms with Gasteiger partial charge >= 0.3 is 0 Å². The summed E-state index contributed by atoms with van der Waals surface area (Å²) in [6, 6.07) is 10.2. The summed E-state index contributed by atoms with van der Waals surface area (Å²) in [7, 11) is 3.61. The Labute approximate surface area is 186 Å². The summed E-state index contributed by atoms with van der Waals surface area (Å²) in [4.78, 5) is 23.9. The number of nitrogens with zero attached hydrogens (tertiary/aromatic N) is 5. The summed E-state index contributed by atoms with van der Waals surface area (Å²) in [5, 5.41) is 5.16. The van der Waals surface area contributed by atoms with Gasteiger partial charge in [-0.1, -0.05) is 24.3 Å². The lowest BCUT2D eigenvalue weighted by atomic mass is 9.99. The van der Waals surface area contributed by atoms with Crippen LogP contribution in [0.4, 0.5) is 0 Å². The van der Waals surface area contributed by atoms with Crippen LogP contribution in [0.15, 0.2) is 61.3 Å². The number of pyridine rings is 2. The molecule has 7 heteroatoms. The maximum Gasteiger partial charge on any atom is 0.255 e. The normalized spacial score (nSPS) is 16.4. The number of fused-ring (bicyclic) bond motifs is 1. The van der Waals surface area contributed by atoms with Crippen LogP contribution in [0.25, 0.3) is 33.2 Å². The summed E-state index contributed by atoms with van der Waals surface area (Å²) < 4.78 is 7.27. The third-order valence-corrected chi connectivity index (χ3v) is 6.09.